The summed E-state index contributed by atoms with van der Waals surface area (Å²) in [6.45, 7) is 2.40. The van der Waals surface area contributed by atoms with Crippen molar-refractivity contribution >= 4 is 39.4 Å². The van der Waals surface area contributed by atoms with Crippen molar-refractivity contribution < 1.29 is 4.79 Å². The molecular weight excluding hydrogens is 375 g/mol. The maximum atomic E-state index is 12.5. The first-order valence-corrected chi connectivity index (χ1v) is 8.00. The summed E-state index contributed by atoms with van der Waals surface area (Å²) in [5.41, 5.74) is 2.72. The number of aryl methyl sites for hydroxylation is 1. The second-order valence-electron chi connectivity index (χ2n) is 4.89. The molecule has 0 aliphatic heterocycles. The minimum Gasteiger partial charge on any atom is -0.320 e. The molecule has 0 N–H and O–H groups in total. The van der Waals surface area contributed by atoms with Gasteiger partial charge in [-0.3, -0.25) is 4.79 Å². The van der Waals surface area contributed by atoms with Gasteiger partial charge in [-0.25, -0.2) is 4.98 Å². The summed E-state index contributed by atoms with van der Waals surface area (Å²) in [6.07, 6.45) is 0.814. The lowest BCUT2D eigenvalue weighted by molar-refractivity contribution is 0.0972. The zero-order valence-electron chi connectivity index (χ0n) is 11.7. The Morgan fingerprint density at radius 2 is 1.86 bits per heavy atom. The average Bonchev–Trinajstić information content (AvgIpc) is 2.86. The number of imidazole rings is 1. The number of rotatable bonds is 4. The molecule has 3 nitrogen and oxygen atoms in total. The summed E-state index contributed by atoms with van der Waals surface area (Å²) < 4.78 is 3.15. The summed E-state index contributed by atoms with van der Waals surface area (Å²) in [5, 5.41) is 0. The van der Waals surface area contributed by atoms with Crippen LogP contribution in [0.1, 0.15) is 23.1 Å². The van der Waals surface area contributed by atoms with Gasteiger partial charge in [-0.2, -0.15) is 0 Å². The van der Waals surface area contributed by atoms with E-state index in [0.717, 1.165) is 32.4 Å². The SMILES string of the molecule is CCc1nc2ccccc2n1CC(=O)c1ccc(I)cc1. The molecule has 3 rings (SSSR count). The zero-order chi connectivity index (χ0) is 14.8. The van der Waals surface area contributed by atoms with Crippen LogP contribution in [-0.2, 0) is 13.0 Å². The minimum absolute atomic E-state index is 0.115. The molecule has 2 aromatic carbocycles. The molecule has 0 radical (unpaired) electrons. The number of benzene rings is 2. The van der Waals surface area contributed by atoms with Gasteiger partial charge in [-0.05, 0) is 46.9 Å². The third-order valence-corrected chi connectivity index (χ3v) is 4.24. The van der Waals surface area contributed by atoms with Gasteiger partial charge in [0.1, 0.15) is 5.82 Å². The standard InChI is InChI=1S/C17H15IN2O/c1-2-17-19-14-5-3-4-6-15(14)20(17)11-16(21)12-7-9-13(18)10-8-12/h3-10H,2,11H2,1H3. The first-order valence-electron chi connectivity index (χ1n) is 6.92. The maximum Gasteiger partial charge on any atom is 0.182 e. The molecule has 3 aromatic rings. The highest BCUT2D eigenvalue weighted by Crippen LogP contribution is 2.17. The van der Waals surface area contributed by atoms with Crippen LogP contribution in [0.2, 0.25) is 0 Å². The van der Waals surface area contributed by atoms with Gasteiger partial charge in [0, 0.05) is 15.6 Å². The fourth-order valence-electron chi connectivity index (χ4n) is 2.44. The van der Waals surface area contributed by atoms with Crippen LogP contribution in [0.25, 0.3) is 11.0 Å². The monoisotopic (exact) mass is 390 g/mol. The highest BCUT2D eigenvalue weighted by atomic mass is 127. The Balaban J connectivity index is 1.97. The van der Waals surface area contributed by atoms with E-state index >= 15 is 0 Å². The van der Waals surface area contributed by atoms with Crippen molar-refractivity contribution in [2.45, 2.75) is 19.9 Å². The molecule has 0 spiro atoms. The van der Waals surface area contributed by atoms with Gasteiger partial charge >= 0.3 is 0 Å². The van der Waals surface area contributed by atoms with Crippen LogP contribution in [-0.4, -0.2) is 15.3 Å². The number of carbonyl (C=O) groups is 1. The van der Waals surface area contributed by atoms with Gasteiger partial charge in [0.2, 0.25) is 0 Å². The quantitative estimate of drug-likeness (QED) is 0.497. The van der Waals surface area contributed by atoms with Gasteiger partial charge in [0.05, 0.1) is 17.6 Å². The van der Waals surface area contributed by atoms with Crippen molar-refractivity contribution in [3.05, 3.63) is 63.5 Å². The molecule has 1 aromatic heterocycles. The van der Waals surface area contributed by atoms with Gasteiger partial charge in [-0.15, -0.1) is 0 Å². The lowest BCUT2D eigenvalue weighted by atomic mass is 10.1. The molecule has 4 heteroatoms. The molecule has 21 heavy (non-hydrogen) atoms. The third kappa shape index (κ3) is 2.85. The Morgan fingerprint density at radius 1 is 1.14 bits per heavy atom. The number of halogens is 1. The summed E-state index contributed by atoms with van der Waals surface area (Å²) in [6, 6.07) is 15.6. The molecule has 0 atom stereocenters. The highest BCUT2D eigenvalue weighted by Gasteiger charge is 2.13. The van der Waals surface area contributed by atoms with Gasteiger partial charge < -0.3 is 4.57 Å². The minimum atomic E-state index is 0.115. The molecule has 106 valence electrons. The van der Waals surface area contributed by atoms with Crippen LogP contribution >= 0.6 is 22.6 Å². The summed E-state index contributed by atoms with van der Waals surface area (Å²) >= 11 is 2.24. The number of para-hydroxylation sites is 2. The Morgan fingerprint density at radius 3 is 2.57 bits per heavy atom. The van der Waals surface area contributed by atoms with E-state index in [9.17, 15) is 4.79 Å². The number of Topliss-reactive ketones (excluding diaryl/α,β-unsaturated/α-hetero) is 1. The predicted molar refractivity (Wildman–Crippen MR) is 92.6 cm³/mol. The lowest BCUT2D eigenvalue weighted by Gasteiger charge is -2.07. The molecule has 0 saturated heterocycles. The van der Waals surface area contributed by atoms with E-state index in [1.54, 1.807) is 0 Å². The topological polar surface area (TPSA) is 34.9 Å². The molecule has 0 aliphatic rings. The molecule has 0 fully saturated rings. The van der Waals surface area contributed by atoms with Crippen LogP contribution < -0.4 is 0 Å². The van der Waals surface area contributed by atoms with Crippen LogP contribution in [0.4, 0.5) is 0 Å². The second-order valence-corrected chi connectivity index (χ2v) is 6.13. The molecule has 0 bridgehead atoms. The zero-order valence-corrected chi connectivity index (χ0v) is 13.9. The van der Waals surface area contributed by atoms with E-state index in [2.05, 4.69) is 34.5 Å². The second kappa shape index (κ2) is 5.97. The molecule has 0 aliphatic carbocycles. The first-order chi connectivity index (χ1) is 10.2. The fraction of sp³-hybridized carbons (Fsp3) is 0.176. The Bertz CT molecular complexity index is 790. The van der Waals surface area contributed by atoms with Crippen LogP contribution in [0.5, 0.6) is 0 Å². The van der Waals surface area contributed by atoms with E-state index in [1.165, 1.54) is 0 Å². The van der Waals surface area contributed by atoms with E-state index in [4.69, 9.17) is 0 Å². The van der Waals surface area contributed by atoms with E-state index < -0.39 is 0 Å². The van der Waals surface area contributed by atoms with Gasteiger partial charge in [0.15, 0.2) is 5.78 Å². The van der Waals surface area contributed by atoms with Crippen LogP contribution in [0, 0.1) is 3.57 Å². The summed E-state index contributed by atoms with van der Waals surface area (Å²) in [5.74, 6) is 1.07. The molecule has 1 heterocycles. The van der Waals surface area contributed by atoms with E-state index in [1.807, 2.05) is 53.1 Å². The van der Waals surface area contributed by atoms with Crippen molar-refractivity contribution in [1.29, 1.82) is 0 Å². The third-order valence-electron chi connectivity index (χ3n) is 3.52. The number of carbonyl (C=O) groups excluding carboxylic acids is 1. The highest BCUT2D eigenvalue weighted by molar-refractivity contribution is 14.1. The summed E-state index contributed by atoms with van der Waals surface area (Å²) in [4.78, 5) is 17.1. The van der Waals surface area contributed by atoms with Crippen molar-refractivity contribution in [2.75, 3.05) is 0 Å². The van der Waals surface area contributed by atoms with E-state index in [-0.39, 0.29) is 5.78 Å². The maximum absolute atomic E-state index is 12.5. The van der Waals surface area contributed by atoms with Gasteiger partial charge in [0.25, 0.3) is 0 Å². The van der Waals surface area contributed by atoms with Crippen LogP contribution in [0.15, 0.2) is 48.5 Å². The molecule has 0 amide bonds. The number of fused-ring (bicyclic) bond motifs is 1. The van der Waals surface area contributed by atoms with Gasteiger partial charge in [-0.1, -0.05) is 31.2 Å². The van der Waals surface area contributed by atoms with Crippen molar-refractivity contribution in [3.8, 4) is 0 Å². The molecule has 0 unspecified atom stereocenters. The largest absolute Gasteiger partial charge is 0.320 e. The number of hydrogen-bond donors (Lipinski definition) is 0. The molecular formula is C17H15IN2O. The Kier molecular flexibility index (Phi) is 4.05. The van der Waals surface area contributed by atoms with Crippen LogP contribution in [0.3, 0.4) is 0 Å². The summed E-state index contributed by atoms with van der Waals surface area (Å²) in [7, 11) is 0. The van der Waals surface area contributed by atoms with Crippen molar-refractivity contribution in [1.82, 2.24) is 9.55 Å². The Hall–Kier alpha value is -1.69. The number of nitrogens with zero attached hydrogens (tertiary/aromatic N) is 2. The lowest BCUT2D eigenvalue weighted by Crippen LogP contribution is -2.12. The normalized spacial score (nSPS) is 11.0. The average molecular weight is 390 g/mol. The fourth-order valence-corrected chi connectivity index (χ4v) is 2.80. The molecule has 0 saturated carbocycles. The number of hydrogen-bond acceptors (Lipinski definition) is 2. The number of aromatic nitrogens is 2. The van der Waals surface area contributed by atoms with Crippen molar-refractivity contribution in [2.24, 2.45) is 0 Å². The first kappa shape index (κ1) is 14.3. The number of ketones is 1. The predicted octanol–water partition coefficient (Wildman–Crippen LogP) is 4.09. The Labute approximate surface area is 137 Å². The smallest absolute Gasteiger partial charge is 0.182 e. The van der Waals surface area contributed by atoms with E-state index in [0.29, 0.717) is 6.54 Å². The van der Waals surface area contributed by atoms with Crippen molar-refractivity contribution in [3.63, 3.8) is 0 Å².